The number of halogens is 2. The van der Waals surface area contributed by atoms with E-state index in [1.165, 1.54) is 24.3 Å². The number of hydrogen-bond acceptors (Lipinski definition) is 3. The zero-order chi connectivity index (χ0) is 21.3. The van der Waals surface area contributed by atoms with Crippen LogP contribution in [-0.4, -0.2) is 20.9 Å². The lowest BCUT2D eigenvalue weighted by molar-refractivity contribution is 0.0989. The van der Waals surface area contributed by atoms with Gasteiger partial charge < -0.3 is 4.90 Å². The van der Waals surface area contributed by atoms with Crippen LogP contribution in [0.15, 0.2) is 71.6 Å². The van der Waals surface area contributed by atoms with E-state index in [-0.39, 0.29) is 17.3 Å². The molecule has 0 saturated heterocycles. The number of amides is 1. The maximum absolute atomic E-state index is 12.8. The first-order chi connectivity index (χ1) is 14.3. The molecule has 8 heteroatoms. The minimum Gasteiger partial charge on any atom is -0.308 e. The molecule has 0 aromatic heterocycles. The summed E-state index contributed by atoms with van der Waals surface area (Å²) in [6.45, 7) is 0.736. The highest BCUT2D eigenvalue weighted by Crippen LogP contribution is 2.30. The third-order valence-electron chi connectivity index (χ3n) is 4.97. The molecule has 0 spiro atoms. The van der Waals surface area contributed by atoms with Crippen LogP contribution in [0.25, 0.3) is 0 Å². The van der Waals surface area contributed by atoms with Crippen LogP contribution in [0.4, 0.5) is 5.69 Å². The molecule has 3 aromatic carbocycles. The quantitative estimate of drug-likeness (QED) is 0.601. The SMILES string of the molecule is O=C(c1ccc(Cl)cc1)N1CCc2cc(CNS(=O)(=O)c3ccc(Cl)cc3)ccc21. The highest BCUT2D eigenvalue weighted by molar-refractivity contribution is 7.89. The largest absolute Gasteiger partial charge is 0.308 e. The van der Waals surface area contributed by atoms with E-state index in [1.807, 2.05) is 18.2 Å². The Morgan fingerprint density at radius 2 is 1.57 bits per heavy atom. The summed E-state index contributed by atoms with van der Waals surface area (Å²) in [5.41, 5.74) is 3.26. The second kappa shape index (κ2) is 8.40. The first kappa shape index (κ1) is 20.9. The van der Waals surface area contributed by atoms with Gasteiger partial charge in [0.1, 0.15) is 0 Å². The third-order valence-corrected chi connectivity index (χ3v) is 6.89. The number of benzene rings is 3. The zero-order valence-electron chi connectivity index (χ0n) is 15.8. The fraction of sp³-hybridized carbons (Fsp3) is 0.136. The molecule has 154 valence electrons. The van der Waals surface area contributed by atoms with E-state index in [0.29, 0.717) is 28.6 Å². The summed E-state index contributed by atoms with van der Waals surface area (Å²) in [5.74, 6) is -0.0818. The summed E-state index contributed by atoms with van der Waals surface area (Å²) in [5, 5.41) is 1.06. The van der Waals surface area contributed by atoms with Crippen LogP contribution in [0.1, 0.15) is 21.5 Å². The van der Waals surface area contributed by atoms with Crippen molar-refractivity contribution in [3.8, 4) is 0 Å². The molecule has 0 unspecified atom stereocenters. The molecule has 1 heterocycles. The summed E-state index contributed by atoms with van der Waals surface area (Å²) >= 11 is 11.7. The van der Waals surface area contributed by atoms with Gasteiger partial charge in [-0.15, -0.1) is 0 Å². The molecule has 0 aliphatic carbocycles. The molecule has 0 fully saturated rings. The number of sulfonamides is 1. The van der Waals surface area contributed by atoms with Gasteiger partial charge >= 0.3 is 0 Å². The van der Waals surface area contributed by atoms with Gasteiger partial charge in [0.25, 0.3) is 5.91 Å². The maximum Gasteiger partial charge on any atom is 0.258 e. The highest BCUT2D eigenvalue weighted by Gasteiger charge is 2.26. The van der Waals surface area contributed by atoms with Crippen LogP contribution in [0.3, 0.4) is 0 Å². The normalized spacial score (nSPS) is 13.3. The van der Waals surface area contributed by atoms with Gasteiger partial charge in [-0.1, -0.05) is 35.3 Å². The zero-order valence-corrected chi connectivity index (χ0v) is 18.1. The molecule has 4 rings (SSSR count). The maximum atomic E-state index is 12.8. The van der Waals surface area contributed by atoms with Crippen molar-refractivity contribution in [2.24, 2.45) is 0 Å². The lowest BCUT2D eigenvalue weighted by Gasteiger charge is -2.18. The molecule has 30 heavy (non-hydrogen) atoms. The molecule has 1 aliphatic rings. The van der Waals surface area contributed by atoms with Gasteiger partial charge in [-0.3, -0.25) is 4.79 Å². The van der Waals surface area contributed by atoms with E-state index >= 15 is 0 Å². The smallest absolute Gasteiger partial charge is 0.258 e. The van der Waals surface area contributed by atoms with Crippen molar-refractivity contribution in [3.63, 3.8) is 0 Å². The molecule has 3 aromatic rings. The molecule has 0 radical (unpaired) electrons. The van der Waals surface area contributed by atoms with Crippen molar-refractivity contribution in [2.75, 3.05) is 11.4 Å². The Kier molecular flexibility index (Phi) is 5.84. The topological polar surface area (TPSA) is 66.5 Å². The average Bonchev–Trinajstić information content (AvgIpc) is 3.16. The van der Waals surface area contributed by atoms with E-state index in [9.17, 15) is 13.2 Å². The van der Waals surface area contributed by atoms with Gasteiger partial charge in [-0.05, 0) is 72.1 Å². The van der Waals surface area contributed by atoms with Crippen molar-refractivity contribution >= 4 is 44.8 Å². The minimum atomic E-state index is -3.64. The minimum absolute atomic E-state index is 0.0818. The first-order valence-electron chi connectivity index (χ1n) is 9.28. The van der Waals surface area contributed by atoms with E-state index in [1.54, 1.807) is 29.2 Å². The standard InChI is InChI=1S/C22H18Cl2N2O3S/c23-18-4-2-16(3-5-18)22(27)26-12-11-17-13-15(1-10-21(17)26)14-25-30(28,29)20-8-6-19(24)7-9-20/h1-10,13,25H,11-12,14H2. The van der Waals surface area contributed by atoms with Crippen molar-refractivity contribution in [2.45, 2.75) is 17.9 Å². The van der Waals surface area contributed by atoms with E-state index in [2.05, 4.69) is 4.72 Å². The number of hydrogen-bond donors (Lipinski definition) is 1. The summed E-state index contributed by atoms with van der Waals surface area (Å²) < 4.78 is 27.5. The Labute approximate surface area is 185 Å². The molecule has 1 N–H and O–H groups in total. The molecular formula is C22H18Cl2N2O3S. The predicted molar refractivity (Wildman–Crippen MR) is 119 cm³/mol. The van der Waals surface area contributed by atoms with Crippen LogP contribution in [0, 0.1) is 0 Å². The highest BCUT2D eigenvalue weighted by atomic mass is 35.5. The Balaban J connectivity index is 1.48. The summed E-state index contributed by atoms with van der Waals surface area (Å²) in [4.78, 5) is 14.7. The lowest BCUT2D eigenvalue weighted by atomic mass is 10.1. The van der Waals surface area contributed by atoms with E-state index in [4.69, 9.17) is 23.2 Å². The van der Waals surface area contributed by atoms with Gasteiger partial charge in [0.2, 0.25) is 10.0 Å². The van der Waals surface area contributed by atoms with Crippen molar-refractivity contribution in [3.05, 3.63) is 93.5 Å². The van der Waals surface area contributed by atoms with Crippen molar-refractivity contribution in [1.82, 2.24) is 4.72 Å². The molecule has 0 atom stereocenters. The van der Waals surface area contributed by atoms with Gasteiger partial charge in [0.05, 0.1) is 4.90 Å². The summed E-state index contributed by atoms with van der Waals surface area (Å²) in [7, 11) is -3.64. The number of carbonyl (C=O) groups excluding carboxylic acids is 1. The molecule has 1 aliphatic heterocycles. The number of fused-ring (bicyclic) bond motifs is 1. The van der Waals surface area contributed by atoms with Gasteiger partial charge in [0, 0.05) is 34.4 Å². The van der Waals surface area contributed by atoms with E-state index < -0.39 is 10.0 Å². The number of nitrogens with one attached hydrogen (secondary N) is 1. The average molecular weight is 461 g/mol. The van der Waals surface area contributed by atoms with Gasteiger partial charge in [-0.2, -0.15) is 0 Å². The van der Waals surface area contributed by atoms with Gasteiger partial charge in [0.15, 0.2) is 0 Å². The number of nitrogens with zero attached hydrogens (tertiary/aromatic N) is 1. The number of carbonyl (C=O) groups is 1. The third kappa shape index (κ3) is 4.37. The Hall–Kier alpha value is -2.38. The monoisotopic (exact) mass is 460 g/mol. The molecule has 1 amide bonds. The summed E-state index contributed by atoms with van der Waals surface area (Å²) in [6.07, 6.45) is 0.715. The molecule has 0 bridgehead atoms. The number of rotatable bonds is 5. The van der Waals surface area contributed by atoms with Crippen LogP contribution < -0.4 is 9.62 Å². The first-order valence-corrected chi connectivity index (χ1v) is 11.5. The van der Waals surface area contributed by atoms with Crippen LogP contribution in [0.5, 0.6) is 0 Å². The Morgan fingerprint density at radius 3 is 2.23 bits per heavy atom. The van der Waals surface area contributed by atoms with Crippen LogP contribution in [-0.2, 0) is 23.0 Å². The van der Waals surface area contributed by atoms with Crippen LogP contribution >= 0.6 is 23.2 Å². The van der Waals surface area contributed by atoms with Gasteiger partial charge in [-0.25, -0.2) is 13.1 Å². The van der Waals surface area contributed by atoms with Crippen molar-refractivity contribution in [1.29, 1.82) is 0 Å². The molecule has 0 saturated carbocycles. The van der Waals surface area contributed by atoms with Crippen molar-refractivity contribution < 1.29 is 13.2 Å². The molecule has 5 nitrogen and oxygen atoms in total. The fourth-order valence-corrected chi connectivity index (χ4v) is 4.67. The molecular weight excluding hydrogens is 443 g/mol. The second-order valence-corrected chi connectivity index (χ2v) is 9.60. The second-order valence-electron chi connectivity index (χ2n) is 6.96. The Bertz CT molecular complexity index is 1190. The number of anilines is 1. The fourth-order valence-electron chi connectivity index (χ4n) is 3.40. The Morgan fingerprint density at radius 1 is 0.933 bits per heavy atom. The predicted octanol–water partition coefficient (Wildman–Crippen LogP) is 4.67. The summed E-state index contributed by atoms with van der Waals surface area (Å²) in [6, 6.07) is 18.5. The van der Waals surface area contributed by atoms with E-state index in [0.717, 1.165) is 16.8 Å². The lowest BCUT2D eigenvalue weighted by Crippen LogP contribution is -2.28. The van der Waals surface area contributed by atoms with Crippen LogP contribution in [0.2, 0.25) is 10.0 Å².